The Balaban J connectivity index is 1.32. The second-order valence-electron chi connectivity index (χ2n) is 14.9. The molecule has 0 aliphatic rings. The minimum absolute atomic E-state index is 0.0497. The molecular formula is C40H45N7O8S2. The van der Waals surface area contributed by atoms with E-state index in [0.29, 0.717) is 5.69 Å². The molecule has 0 radical (unpaired) electrons. The lowest BCUT2D eigenvalue weighted by molar-refractivity contribution is 0.145. The van der Waals surface area contributed by atoms with Gasteiger partial charge in [0.1, 0.15) is 12.4 Å². The number of sulfonamides is 1. The lowest BCUT2D eigenvalue weighted by Crippen LogP contribution is -2.25. The average molecular weight is 816 g/mol. The molecule has 0 bridgehead atoms. The molecule has 0 aliphatic carbocycles. The zero-order valence-corrected chi connectivity index (χ0v) is 34.2. The predicted molar refractivity (Wildman–Crippen MR) is 220 cm³/mol. The number of H-pyrrole nitrogens is 1. The van der Waals surface area contributed by atoms with Crippen molar-refractivity contribution < 1.29 is 31.4 Å². The highest BCUT2D eigenvalue weighted by molar-refractivity contribution is 7.92. The standard InChI is InChI=1S/C40H45N7O8S2/c1-26-22-32(33(48)24-31(26)40(5,6)25-39(2,3)4)45-56(50)55-35-23-28(16-19-34(35)54-21-20-53-8)46-57(51,52)30-17-14-27(15-18-30)42-43-36-37(41-7)44-47(38(36)49)29-12-10-9-11-13-29/h9-19,22-24,44-46,48H,20-21,25H2,1-6,8H3. The second-order valence-corrected chi connectivity index (χ2v) is 17.4. The molecule has 1 heterocycles. The van der Waals surface area contributed by atoms with Crippen molar-refractivity contribution in [2.24, 2.45) is 15.6 Å². The SMILES string of the molecule is [C-]#[N+]c1[nH]n(-c2ccccc2)c(=O)c1N=Nc1ccc(S(=O)(=O)Nc2ccc(OCCOC)c(OS(=O)Nc3cc(C)c(C(C)(C)CC(C)(C)C)cc3O)c2)cc1. The molecule has 0 amide bonds. The normalized spacial score (nSPS) is 12.6. The van der Waals surface area contributed by atoms with E-state index in [9.17, 15) is 22.5 Å². The van der Waals surface area contributed by atoms with E-state index >= 15 is 0 Å². The van der Waals surface area contributed by atoms with E-state index in [1.54, 1.807) is 42.5 Å². The lowest BCUT2D eigenvalue weighted by atomic mass is 9.71. The molecule has 0 saturated heterocycles. The molecule has 0 fully saturated rings. The molecule has 4 aromatic carbocycles. The van der Waals surface area contributed by atoms with Crippen molar-refractivity contribution in [1.82, 2.24) is 9.78 Å². The minimum atomic E-state index is -4.17. The number of nitrogens with zero attached hydrogens (tertiary/aromatic N) is 4. The Labute approximate surface area is 334 Å². The van der Waals surface area contributed by atoms with Crippen LogP contribution in [-0.2, 0) is 31.4 Å². The van der Waals surface area contributed by atoms with Gasteiger partial charge < -0.3 is 23.6 Å². The molecule has 5 rings (SSSR count). The summed E-state index contributed by atoms with van der Waals surface area (Å²) < 4.78 is 63.1. The van der Waals surface area contributed by atoms with Crippen LogP contribution in [-0.4, -0.2) is 47.8 Å². The number of aromatic hydroxyl groups is 1. The Morgan fingerprint density at radius 1 is 0.947 bits per heavy atom. The number of hydrogen-bond acceptors (Lipinski definition) is 10. The summed E-state index contributed by atoms with van der Waals surface area (Å²) in [6, 6.07) is 21.7. The molecule has 0 spiro atoms. The van der Waals surface area contributed by atoms with Gasteiger partial charge in [0, 0.05) is 13.2 Å². The van der Waals surface area contributed by atoms with E-state index < -0.39 is 26.8 Å². The number of para-hydroxylation sites is 1. The van der Waals surface area contributed by atoms with Crippen molar-refractivity contribution in [2.45, 2.75) is 58.3 Å². The number of anilines is 2. The van der Waals surface area contributed by atoms with Gasteiger partial charge in [-0.1, -0.05) is 59.4 Å². The topological polar surface area (TPSA) is 190 Å². The average Bonchev–Trinajstić information content (AvgIpc) is 3.47. The first-order valence-electron chi connectivity index (χ1n) is 17.7. The number of hydrogen-bond donors (Lipinski definition) is 4. The van der Waals surface area contributed by atoms with Gasteiger partial charge in [-0.3, -0.25) is 14.2 Å². The van der Waals surface area contributed by atoms with Gasteiger partial charge >= 0.3 is 16.8 Å². The Hall–Kier alpha value is -5.96. The molecule has 4 N–H and O–H groups in total. The summed E-state index contributed by atoms with van der Waals surface area (Å²) in [5, 5.41) is 21.7. The van der Waals surface area contributed by atoms with E-state index in [1.165, 1.54) is 54.3 Å². The van der Waals surface area contributed by atoms with E-state index in [2.05, 4.69) is 64.2 Å². The molecule has 17 heteroatoms. The van der Waals surface area contributed by atoms with Crippen LogP contribution in [0.5, 0.6) is 17.2 Å². The molecule has 5 aromatic rings. The highest BCUT2D eigenvalue weighted by atomic mass is 32.2. The molecule has 1 atom stereocenters. The zero-order chi connectivity index (χ0) is 41.5. The molecule has 0 aliphatic heterocycles. The fourth-order valence-electron chi connectivity index (χ4n) is 6.47. The van der Waals surface area contributed by atoms with Gasteiger partial charge in [0.25, 0.3) is 15.8 Å². The molecular weight excluding hydrogens is 771 g/mol. The fourth-order valence-corrected chi connectivity index (χ4v) is 8.20. The molecule has 1 aromatic heterocycles. The predicted octanol–water partition coefficient (Wildman–Crippen LogP) is 8.76. The van der Waals surface area contributed by atoms with E-state index in [0.717, 1.165) is 17.5 Å². The van der Waals surface area contributed by atoms with Gasteiger partial charge in [0.05, 0.1) is 34.3 Å². The highest BCUT2D eigenvalue weighted by Crippen LogP contribution is 2.41. The third-order valence-corrected chi connectivity index (χ3v) is 10.6. The van der Waals surface area contributed by atoms with Gasteiger partial charge in [0.2, 0.25) is 0 Å². The van der Waals surface area contributed by atoms with Crippen LogP contribution in [0.25, 0.3) is 10.5 Å². The third kappa shape index (κ3) is 10.7. The quantitative estimate of drug-likeness (QED) is 0.0329. The van der Waals surface area contributed by atoms with Gasteiger partial charge in [-0.25, -0.2) is 13.5 Å². The van der Waals surface area contributed by atoms with Crippen LogP contribution in [0, 0.1) is 18.9 Å². The molecule has 0 saturated carbocycles. The first-order valence-corrected chi connectivity index (χ1v) is 20.3. The maximum Gasteiger partial charge on any atom is 0.316 e. The number of azo groups is 1. The molecule has 1 unspecified atom stereocenters. The summed E-state index contributed by atoms with van der Waals surface area (Å²) >= 11 is -2.26. The summed E-state index contributed by atoms with van der Waals surface area (Å²) in [5.41, 5.74) is 1.88. The van der Waals surface area contributed by atoms with Gasteiger partial charge in [-0.05, 0) is 96.0 Å². The van der Waals surface area contributed by atoms with Gasteiger partial charge in [-0.2, -0.15) is 19.1 Å². The number of rotatable bonds is 16. The summed E-state index contributed by atoms with van der Waals surface area (Å²) in [4.78, 5) is 16.2. The summed E-state index contributed by atoms with van der Waals surface area (Å²) in [6.07, 6.45) is 0.867. The number of ether oxygens (including phenoxy) is 2. The van der Waals surface area contributed by atoms with Crippen molar-refractivity contribution in [1.29, 1.82) is 0 Å². The Morgan fingerprint density at radius 2 is 1.65 bits per heavy atom. The largest absolute Gasteiger partial charge is 0.506 e. The van der Waals surface area contributed by atoms with E-state index in [1.807, 2.05) is 6.92 Å². The van der Waals surface area contributed by atoms with Crippen molar-refractivity contribution in [3.05, 3.63) is 118 Å². The van der Waals surface area contributed by atoms with Crippen LogP contribution in [0.3, 0.4) is 0 Å². The van der Waals surface area contributed by atoms with E-state index in [-0.39, 0.29) is 74.8 Å². The lowest BCUT2D eigenvalue weighted by Gasteiger charge is -2.34. The number of aromatic nitrogens is 2. The van der Waals surface area contributed by atoms with Gasteiger partial charge in [-0.15, -0.1) is 0 Å². The number of aryl methyl sites for hydroxylation is 1. The maximum atomic E-state index is 13.4. The number of benzene rings is 4. The second kappa shape index (κ2) is 17.5. The highest BCUT2D eigenvalue weighted by Gasteiger charge is 2.30. The van der Waals surface area contributed by atoms with E-state index in [4.69, 9.17) is 20.2 Å². The molecule has 57 heavy (non-hydrogen) atoms. The number of aromatic amines is 1. The van der Waals surface area contributed by atoms with Crippen molar-refractivity contribution in [3.63, 3.8) is 0 Å². The van der Waals surface area contributed by atoms with Gasteiger partial charge in [0.15, 0.2) is 17.2 Å². The van der Waals surface area contributed by atoms with Crippen LogP contribution >= 0.6 is 0 Å². The fraction of sp³-hybridized carbons (Fsp3) is 0.300. The first-order chi connectivity index (χ1) is 26.9. The van der Waals surface area contributed by atoms with Crippen LogP contribution in [0.15, 0.2) is 105 Å². The minimum Gasteiger partial charge on any atom is -0.506 e. The smallest absolute Gasteiger partial charge is 0.316 e. The summed E-state index contributed by atoms with van der Waals surface area (Å²) in [7, 11) is -2.66. The van der Waals surface area contributed by atoms with Crippen LogP contribution in [0.2, 0.25) is 0 Å². The Kier molecular flexibility index (Phi) is 12.9. The Bertz CT molecular complexity index is 2480. The number of phenolic OH excluding ortho intramolecular Hbond substituents is 1. The van der Waals surface area contributed by atoms with Crippen molar-refractivity contribution in [3.8, 4) is 22.9 Å². The monoisotopic (exact) mass is 815 g/mol. The summed E-state index contributed by atoms with van der Waals surface area (Å²) in [5.74, 6) is -0.100. The molecule has 15 nitrogen and oxygen atoms in total. The Morgan fingerprint density at radius 3 is 2.30 bits per heavy atom. The van der Waals surface area contributed by atoms with Crippen LogP contribution in [0.1, 0.15) is 52.2 Å². The number of methoxy groups -OCH3 is 1. The zero-order valence-electron chi connectivity index (χ0n) is 32.6. The third-order valence-electron chi connectivity index (χ3n) is 8.53. The molecule has 300 valence electrons. The summed E-state index contributed by atoms with van der Waals surface area (Å²) in [6.45, 7) is 20.5. The van der Waals surface area contributed by atoms with Crippen LogP contribution < -0.4 is 23.9 Å². The number of nitrogens with one attached hydrogen (secondary N) is 3. The number of phenols is 1. The first kappa shape index (κ1) is 42.2. The van der Waals surface area contributed by atoms with Crippen molar-refractivity contribution in [2.75, 3.05) is 29.8 Å². The maximum absolute atomic E-state index is 13.4. The van der Waals surface area contributed by atoms with Crippen molar-refractivity contribution >= 4 is 49.9 Å². The van der Waals surface area contributed by atoms with Crippen LogP contribution in [0.4, 0.5) is 28.6 Å².